The number of aromatic nitrogens is 3. The second-order valence-electron chi connectivity index (χ2n) is 7.55. The van der Waals surface area contributed by atoms with Gasteiger partial charge in [0.05, 0.1) is 18.6 Å². The molecule has 9 heteroatoms. The summed E-state index contributed by atoms with van der Waals surface area (Å²) in [5.41, 5.74) is 3.32. The van der Waals surface area contributed by atoms with E-state index < -0.39 is 4.92 Å². The van der Waals surface area contributed by atoms with Crippen LogP contribution in [0.15, 0.2) is 78.0 Å². The Morgan fingerprint density at radius 1 is 1.06 bits per heavy atom. The molecule has 0 saturated heterocycles. The van der Waals surface area contributed by atoms with Crippen LogP contribution in [0.5, 0.6) is 5.75 Å². The first kappa shape index (κ1) is 23.2. The molecule has 0 spiro atoms. The van der Waals surface area contributed by atoms with Gasteiger partial charge in [-0.2, -0.15) is 0 Å². The zero-order chi connectivity index (χ0) is 24.1. The first-order valence-electron chi connectivity index (χ1n) is 10.5. The summed E-state index contributed by atoms with van der Waals surface area (Å²) in [7, 11) is 1.60. The maximum Gasteiger partial charge on any atom is 0.269 e. The summed E-state index contributed by atoms with van der Waals surface area (Å²) in [4.78, 5) is 22.4. The fourth-order valence-electron chi connectivity index (χ4n) is 3.50. The Morgan fingerprint density at radius 2 is 1.79 bits per heavy atom. The molecule has 1 heterocycles. The van der Waals surface area contributed by atoms with Crippen molar-refractivity contribution in [1.29, 1.82) is 0 Å². The quantitative estimate of drug-likeness (QED) is 0.138. The molecular weight excluding hydrogens is 452 g/mol. The van der Waals surface area contributed by atoms with Crippen LogP contribution in [0.2, 0.25) is 0 Å². The summed E-state index contributed by atoms with van der Waals surface area (Å²) in [5, 5.41) is 20.5. The molecule has 3 aromatic carbocycles. The van der Waals surface area contributed by atoms with E-state index in [4.69, 9.17) is 4.74 Å². The fraction of sp³-hybridized carbons (Fsp3) is 0.160. The van der Waals surface area contributed by atoms with Gasteiger partial charge in [0.1, 0.15) is 5.75 Å². The Morgan fingerprint density at radius 3 is 2.44 bits per heavy atom. The number of carbonyl (C=O) groups is 1. The number of nitrogens with zero attached hydrogens (tertiary/aromatic N) is 4. The molecule has 1 aromatic heterocycles. The highest BCUT2D eigenvalue weighted by molar-refractivity contribution is 7.98. The average molecular weight is 475 g/mol. The third kappa shape index (κ3) is 5.15. The highest BCUT2D eigenvalue weighted by atomic mass is 32.2. The van der Waals surface area contributed by atoms with Gasteiger partial charge in [0.15, 0.2) is 16.8 Å². The van der Waals surface area contributed by atoms with Crippen molar-refractivity contribution in [2.45, 2.75) is 24.4 Å². The molecule has 0 amide bonds. The first-order chi connectivity index (χ1) is 16.5. The van der Waals surface area contributed by atoms with E-state index >= 15 is 0 Å². The molecule has 0 aliphatic carbocycles. The number of nitro benzene ring substituents is 1. The second-order valence-corrected chi connectivity index (χ2v) is 8.50. The molecule has 4 aromatic rings. The number of thioether (sulfide) groups is 1. The highest BCUT2D eigenvalue weighted by Gasteiger charge is 2.17. The Balaban J connectivity index is 1.68. The SMILES string of the molecule is COc1ccc(C(C)=O)cc1CSc1nnc(-c2ccc([N+](=O)[O-])cc2)n1Cc1ccccc1. The van der Waals surface area contributed by atoms with Gasteiger partial charge >= 0.3 is 0 Å². The summed E-state index contributed by atoms with van der Waals surface area (Å²) in [5.74, 6) is 1.83. The number of hydrogen-bond donors (Lipinski definition) is 0. The number of Topliss-reactive ketones (excluding diaryl/α,β-unsaturated/α-hetero) is 1. The number of methoxy groups -OCH3 is 1. The Kier molecular flexibility index (Phi) is 7.03. The molecule has 172 valence electrons. The molecule has 0 atom stereocenters. The fourth-order valence-corrected chi connectivity index (χ4v) is 4.42. The van der Waals surface area contributed by atoms with E-state index in [0.29, 0.717) is 34.6 Å². The first-order valence-corrected chi connectivity index (χ1v) is 11.5. The van der Waals surface area contributed by atoms with Gasteiger partial charge in [-0.3, -0.25) is 19.5 Å². The summed E-state index contributed by atoms with van der Waals surface area (Å²) in [6, 6.07) is 21.6. The lowest BCUT2D eigenvalue weighted by Gasteiger charge is -2.12. The number of benzene rings is 3. The summed E-state index contributed by atoms with van der Waals surface area (Å²) < 4.78 is 7.47. The molecule has 0 fully saturated rings. The monoisotopic (exact) mass is 474 g/mol. The molecule has 0 saturated carbocycles. The van der Waals surface area contributed by atoms with Crippen molar-refractivity contribution in [3.63, 3.8) is 0 Å². The van der Waals surface area contributed by atoms with Crippen LogP contribution in [-0.2, 0) is 12.3 Å². The highest BCUT2D eigenvalue weighted by Crippen LogP contribution is 2.31. The van der Waals surface area contributed by atoms with Gasteiger partial charge in [0, 0.05) is 34.6 Å². The lowest BCUT2D eigenvalue weighted by Crippen LogP contribution is -2.04. The van der Waals surface area contributed by atoms with E-state index in [2.05, 4.69) is 10.2 Å². The van der Waals surface area contributed by atoms with E-state index in [1.807, 2.05) is 41.0 Å². The van der Waals surface area contributed by atoms with Crippen LogP contribution in [0.1, 0.15) is 28.4 Å². The minimum absolute atomic E-state index is 0.0124. The van der Waals surface area contributed by atoms with Crippen molar-refractivity contribution in [2.75, 3.05) is 7.11 Å². The lowest BCUT2D eigenvalue weighted by atomic mass is 10.1. The van der Waals surface area contributed by atoms with Crippen LogP contribution < -0.4 is 4.74 Å². The molecular formula is C25H22N4O4S. The average Bonchev–Trinajstić information content (AvgIpc) is 3.25. The van der Waals surface area contributed by atoms with Crippen molar-refractivity contribution in [2.24, 2.45) is 0 Å². The van der Waals surface area contributed by atoms with E-state index in [9.17, 15) is 14.9 Å². The molecule has 0 aliphatic heterocycles. The standard InChI is InChI=1S/C25H22N4O4S/c1-17(30)20-10-13-23(33-2)21(14-20)16-34-25-27-26-24(19-8-11-22(12-9-19)29(31)32)28(25)15-18-6-4-3-5-7-18/h3-14H,15-16H2,1-2H3. The van der Waals surface area contributed by atoms with Gasteiger partial charge in [-0.25, -0.2) is 0 Å². The van der Waals surface area contributed by atoms with Crippen LogP contribution in [0, 0.1) is 10.1 Å². The van der Waals surface area contributed by atoms with E-state index in [0.717, 1.165) is 16.7 Å². The molecule has 0 radical (unpaired) electrons. The van der Waals surface area contributed by atoms with Crippen molar-refractivity contribution < 1.29 is 14.5 Å². The normalized spacial score (nSPS) is 10.8. The molecule has 0 N–H and O–H groups in total. The number of ether oxygens (including phenoxy) is 1. The van der Waals surface area contributed by atoms with Gasteiger partial charge in [-0.15, -0.1) is 10.2 Å². The number of carbonyl (C=O) groups excluding carboxylic acids is 1. The van der Waals surface area contributed by atoms with E-state index in [-0.39, 0.29) is 11.5 Å². The van der Waals surface area contributed by atoms with Crippen LogP contribution in [0.3, 0.4) is 0 Å². The van der Waals surface area contributed by atoms with Crippen molar-refractivity contribution in [1.82, 2.24) is 14.8 Å². The summed E-state index contributed by atoms with van der Waals surface area (Å²) >= 11 is 1.48. The molecule has 34 heavy (non-hydrogen) atoms. The number of ketones is 1. The number of non-ortho nitro benzene ring substituents is 1. The van der Waals surface area contributed by atoms with Gasteiger partial charge in [-0.1, -0.05) is 42.1 Å². The number of nitro groups is 1. The molecule has 0 unspecified atom stereocenters. The smallest absolute Gasteiger partial charge is 0.269 e. The molecule has 0 aliphatic rings. The van der Waals surface area contributed by atoms with Crippen molar-refractivity contribution in [3.05, 3.63) is 99.6 Å². The maximum absolute atomic E-state index is 11.8. The van der Waals surface area contributed by atoms with Crippen LogP contribution >= 0.6 is 11.8 Å². The van der Waals surface area contributed by atoms with Crippen LogP contribution in [0.25, 0.3) is 11.4 Å². The minimum Gasteiger partial charge on any atom is -0.496 e. The second kappa shape index (κ2) is 10.3. The zero-order valence-corrected chi connectivity index (χ0v) is 19.5. The van der Waals surface area contributed by atoms with Gasteiger partial charge < -0.3 is 4.74 Å². The van der Waals surface area contributed by atoms with Crippen LogP contribution in [0.4, 0.5) is 5.69 Å². The predicted octanol–water partition coefficient (Wildman–Crippen LogP) is 5.41. The van der Waals surface area contributed by atoms with E-state index in [1.165, 1.54) is 30.8 Å². The van der Waals surface area contributed by atoms with Gasteiger partial charge in [0.25, 0.3) is 5.69 Å². The molecule has 0 bridgehead atoms. The van der Waals surface area contributed by atoms with E-state index in [1.54, 1.807) is 31.4 Å². The maximum atomic E-state index is 11.8. The zero-order valence-electron chi connectivity index (χ0n) is 18.7. The summed E-state index contributed by atoms with van der Waals surface area (Å²) in [6.07, 6.45) is 0. The predicted molar refractivity (Wildman–Crippen MR) is 130 cm³/mol. The van der Waals surface area contributed by atoms with Crippen LogP contribution in [-0.4, -0.2) is 32.6 Å². The molecule has 4 rings (SSSR count). The third-order valence-electron chi connectivity index (χ3n) is 5.28. The lowest BCUT2D eigenvalue weighted by molar-refractivity contribution is -0.384. The minimum atomic E-state index is -0.428. The number of rotatable bonds is 9. The Hall–Kier alpha value is -3.98. The van der Waals surface area contributed by atoms with Crippen molar-refractivity contribution >= 4 is 23.2 Å². The Bertz CT molecular complexity index is 1320. The number of hydrogen-bond acceptors (Lipinski definition) is 7. The van der Waals surface area contributed by atoms with Gasteiger partial charge in [0.2, 0.25) is 0 Å². The summed E-state index contributed by atoms with van der Waals surface area (Å²) in [6.45, 7) is 2.07. The van der Waals surface area contributed by atoms with Crippen molar-refractivity contribution in [3.8, 4) is 17.1 Å². The van der Waals surface area contributed by atoms with Gasteiger partial charge in [-0.05, 0) is 42.8 Å². The largest absolute Gasteiger partial charge is 0.496 e. The Labute approximate surface area is 200 Å². The molecule has 8 nitrogen and oxygen atoms in total. The topological polar surface area (TPSA) is 100 Å². The third-order valence-corrected chi connectivity index (χ3v) is 6.30.